The van der Waals surface area contributed by atoms with E-state index >= 15 is 0 Å². The first-order valence-corrected chi connectivity index (χ1v) is 14.0. The summed E-state index contributed by atoms with van der Waals surface area (Å²) >= 11 is 0. The molecule has 202 valence electrons. The van der Waals surface area contributed by atoms with Crippen LogP contribution in [0.1, 0.15) is 110 Å². The Hall–Kier alpha value is -1.69. The molecule has 0 aromatic heterocycles. The van der Waals surface area contributed by atoms with Crippen LogP contribution in [-0.4, -0.2) is 46.1 Å². The van der Waals surface area contributed by atoms with Gasteiger partial charge in [0.15, 0.2) is 0 Å². The third kappa shape index (κ3) is 21.3. The van der Waals surface area contributed by atoms with Gasteiger partial charge in [-0.2, -0.15) is 0 Å². The minimum absolute atomic E-state index is 0.200. The first-order chi connectivity index (χ1) is 17.1. The lowest BCUT2D eigenvalue weighted by Gasteiger charge is -2.21. The lowest BCUT2D eigenvalue weighted by molar-refractivity contribution is -0.131. The topological polar surface area (TPSA) is 89.8 Å². The third-order valence-electron chi connectivity index (χ3n) is 5.90. The van der Waals surface area contributed by atoms with E-state index in [1.54, 1.807) is 12.2 Å². The molecule has 0 aliphatic carbocycles. The number of carbonyl (C=O) groups is 1. The van der Waals surface area contributed by atoms with Crippen molar-refractivity contribution in [3.63, 3.8) is 0 Å². The second kappa shape index (κ2) is 25.4. The SMILES string of the molecule is CCCCC/C=C/CC/C=C/C(O)C(CO)NC(=O)C(O)C/C=C\C/C=C\CCCCCCCC. The molecule has 0 aromatic rings. The number of unbranched alkanes of at least 4 members (excludes halogenated alkanes) is 10. The van der Waals surface area contributed by atoms with Gasteiger partial charge in [-0.25, -0.2) is 0 Å². The van der Waals surface area contributed by atoms with Crippen LogP contribution >= 0.6 is 0 Å². The van der Waals surface area contributed by atoms with Crippen LogP contribution in [0.4, 0.5) is 0 Å². The molecule has 0 bridgehead atoms. The third-order valence-corrected chi connectivity index (χ3v) is 5.90. The number of carbonyl (C=O) groups excluding carboxylic acids is 1. The predicted molar refractivity (Wildman–Crippen MR) is 148 cm³/mol. The van der Waals surface area contributed by atoms with Crippen LogP contribution in [-0.2, 0) is 4.79 Å². The van der Waals surface area contributed by atoms with E-state index in [0.29, 0.717) is 0 Å². The van der Waals surface area contributed by atoms with Gasteiger partial charge in [-0.3, -0.25) is 4.79 Å². The maximum atomic E-state index is 12.2. The molecule has 0 rings (SSSR count). The number of aliphatic hydroxyl groups is 3. The predicted octanol–water partition coefficient (Wildman–Crippen LogP) is 6.30. The van der Waals surface area contributed by atoms with E-state index < -0.39 is 30.8 Å². The Morgan fingerprint density at radius 1 is 0.714 bits per heavy atom. The fraction of sp³-hybridized carbons (Fsp3) is 0.700. The maximum Gasteiger partial charge on any atom is 0.249 e. The van der Waals surface area contributed by atoms with Crippen molar-refractivity contribution in [3.8, 4) is 0 Å². The summed E-state index contributed by atoms with van der Waals surface area (Å²) in [7, 11) is 0. The highest BCUT2D eigenvalue weighted by Gasteiger charge is 2.22. The van der Waals surface area contributed by atoms with Gasteiger partial charge in [-0.1, -0.05) is 107 Å². The van der Waals surface area contributed by atoms with Crippen LogP contribution < -0.4 is 5.32 Å². The molecular weight excluding hydrogens is 438 g/mol. The number of aliphatic hydroxyl groups excluding tert-OH is 3. The van der Waals surface area contributed by atoms with Crippen molar-refractivity contribution >= 4 is 5.91 Å². The maximum absolute atomic E-state index is 12.2. The minimum Gasteiger partial charge on any atom is -0.394 e. The highest BCUT2D eigenvalue weighted by molar-refractivity contribution is 5.81. The van der Waals surface area contributed by atoms with Crippen molar-refractivity contribution in [1.29, 1.82) is 0 Å². The van der Waals surface area contributed by atoms with Crippen molar-refractivity contribution < 1.29 is 20.1 Å². The first-order valence-electron chi connectivity index (χ1n) is 14.0. The van der Waals surface area contributed by atoms with E-state index in [1.165, 1.54) is 57.8 Å². The molecule has 0 heterocycles. The van der Waals surface area contributed by atoms with Gasteiger partial charge in [0.25, 0.3) is 0 Å². The molecule has 0 saturated carbocycles. The number of nitrogens with one attached hydrogen (secondary N) is 1. The second-order valence-electron chi connectivity index (χ2n) is 9.25. The van der Waals surface area contributed by atoms with Gasteiger partial charge in [0, 0.05) is 6.42 Å². The standard InChI is InChI=1S/C30H53NO4/c1-3-5-7-9-11-13-14-15-17-19-21-23-25-29(34)30(35)31-27(26-32)28(33)24-22-20-18-16-12-10-8-6-4-2/h12,15-17,21-24,27-29,32-34H,3-11,13-14,18-20,25-26H2,1-2H3,(H,31,35)/b16-12+,17-15-,23-21-,24-22+. The van der Waals surface area contributed by atoms with E-state index in [1.807, 2.05) is 12.2 Å². The Morgan fingerprint density at radius 3 is 1.97 bits per heavy atom. The van der Waals surface area contributed by atoms with E-state index in [2.05, 4.69) is 43.5 Å². The smallest absolute Gasteiger partial charge is 0.249 e. The van der Waals surface area contributed by atoms with Crippen molar-refractivity contribution in [1.82, 2.24) is 5.32 Å². The summed E-state index contributed by atoms with van der Waals surface area (Å²) in [5, 5.41) is 32.4. The summed E-state index contributed by atoms with van der Waals surface area (Å²) in [5.41, 5.74) is 0. The van der Waals surface area contributed by atoms with E-state index in [4.69, 9.17) is 0 Å². The lowest BCUT2D eigenvalue weighted by Crippen LogP contribution is -2.48. The Labute approximate surface area is 215 Å². The largest absolute Gasteiger partial charge is 0.394 e. The Balaban J connectivity index is 4.06. The molecular formula is C30H53NO4. The summed E-state index contributed by atoms with van der Waals surface area (Å²) < 4.78 is 0. The van der Waals surface area contributed by atoms with Gasteiger partial charge in [0.1, 0.15) is 6.10 Å². The van der Waals surface area contributed by atoms with Crippen LogP contribution in [0.3, 0.4) is 0 Å². The molecule has 0 aromatic carbocycles. The normalized spacial score (nSPS) is 15.0. The number of allylic oxidation sites excluding steroid dienone is 6. The summed E-state index contributed by atoms with van der Waals surface area (Å²) in [5.74, 6) is -0.588. The van der Waals surface area contributed by atoms with Crippen molar-refractivity contribution in [2.75, 3.05) is 6.61 Å². The zero-order chi connectivity index (χ0) is 26.0. The summed E-state index contributed by atoms with van der Waals surface area (Å²) in [6.07, 6.45) is 30.0. The van der Waals surface area contributed by atoms with Gasteiger partial charge in [-0.05, 0) is 44.9 Å². The van der Waals surface area contributed by atoms with Gasteiger partial charge in [0.05, 0.1) is 18.8 Å². The lowest BCUT2D eigenvalue weighted by atomic mass is 10.1. The van der Waals surface area contributed by atoms with Crippen LogP contribution in [0.25, 0.3) is 0 Å². The Kier molecular flexibility index (Phi) is 24.2. The second-order valence-corrected chi connectivity index (χ2v) is 9.25. The molecule has 5 heteroatoms. The van der Waals surface area contributed by atoms with Gasteiger partial charge in [-0.15, -0.1) is 0 Å². The Morgan fingerprint density at radius 2 is 1.26 bits per heavy atom. The molecule has 4 N–H and O–H groups in total. The zero-order valence-corrected chi connectivity index (χ0v) is 22.4. The number of amides is 1. The van der Waals surface area contributed by atoms with Crippen LogP contribution in [0.5, 0.6) is 0 Å². The quantitative estimate of drug-likeness (QED) is 0.0997. The molecule has 0 spiro atoms. The minimum atomic E-state index is -1.21. The Bertz CT molecular complexity index is 597. The fourth-order valence-corrected chi connectivity index (χ4v) is 3.59. The van der Waals surface area contributed by atoms with Gasteiger partial charge < -0.3 is 20.6 Å². The molecule has 3 unspecified atom stereocenters. The van der Waals surface area contributed by atoms with E-state index in [0.717, 1.165) is 32.1 Å². The van der Waals surface area contributed by atoms with Crippen molar-refractivity contribution in [2.24, 2.45) is 0 Å². The zero-order valence-electron chi connectivity index (χ0n) is 22.4. The summed E-state index contributed by atoms with van der Waals surface area (Å²) in [4.78, 5) is 12.2. The molecule has 0 saturated heterocycles. The summed E-state index contributed by atoms with van der Waals surface area (Å²) in [6.45, 7) is 4.02. The van der Waals surface area contributed by atoms with Gasteiger partial charge in [0.2, 0.25) is 5.91 Å². The first kappa shape index (κ1) is 33.3. The molecule has 35 heavy (non-hydrogen) atoms. The fourth-order valence-electron chi connectivity index (χ4n) is 3.59. The molecule has 0 aliphatic rings. The van der Waals surface area contributed by atoms with Crippen molar-refractivity contribution in [3.05, 3.63) is 48.6 Å². The average molecular weight is 492 g/mol. The number of hydrogen-bond acceptors (Lipinski definition) is 4. The highest BCUT2D eigenvalue weighted by atomic mass is 16.3. The van der Waals surface area contributed by atoms with Gasteiger partial charge >= 0.3 is 0 Å². The van der Waals surface area contributed by atoms with Crippen LogP contribution in [0.15, 0.2) is 48.6 Å². The van der Waals surface area contributed by atoms with E-state index in [9.17, 15) is 20.1 Å². The van der Waals surface area contributed by atoms with E-state index in [-0.39, 0.29) is 6.42 Å². The monoisotopic (exact) mass is 491 g/mol. The molecule has 5 nitrogen and oxygen atoms in total. The summed E-state index contributed by atoms with van der Waals surface area (Å²) in [6, 6.07) is -0.841. The van der Waals surface area contributed by atoms with Crippen LogP contribution in [0, 0.1) is 0 Å². The molecule has 3 atom stereocenters. The molecule has 1 amide bonds. The average Bonchev–Trinajstić information content (AvgIpc) is 2.86. The molecule has 0 aliphatic heterocycles. The molecule has 0 fully saturated rings. The molecule has 0 radical (unpaired) electrons. The highest BCUT2D eigenvalue weighted by Crippen LogP contribution is 2.08. The number of hydrogen-bond donors (Lipinski definition) is 4. The van der Waals surface area contributed by atoms with Crippen molar-refractivity contribution in [2.45, 2.75) is 128 Å². The number of rotatable bonds is 23. The van der Waals surface area contributed by atoms with Crippen LogP contribution in [0.2, 0.25) is 0 Å².